The van der Waals surface area contributed by atoms with Crippen LogP contribution in [0.4, 0.5) is 4.39 Å². The first-order valence-corrected chi connectivity index (χ1v) is 3.62. The molecule has 0 amide bonds. The van der Waals surface area contributed by atoms with Crippen molar-refractivity contribution < 1.29 is 14.3 Å². The van der Waals surface area contributed by atoms with Crippen LogP contribution in [0.25, 0.3) is 0 Å². The van der Waals surface area contributed by atoms with Crippen LogP contribution in [0.2, 0.25) is 0 Å². The lowest BCUT2D eigenvalue weighted by Crippen LogP contribution is -2.10. The Balaban J connectivity index is 3.03. The second-order valence-electron chi connectivity index (χ2n) is 2.51. The monoisotopic (exact) mass is 171 g/mol. The van der Waals surface area contributed by atoms with Gasteiger partial charge in [0.05, 0.1) is 6.54 Å². The number of hydrogen-bond acceptors (Lipinski definition) is 1. The van der Waals surface area contributed by atoms with Crippen LogP contribution in [0.15, 0.2) is 12.1 Å². The number of rotatable bonds is 3. The third-order valence-corrected chi connectivity index (χ3v) is 1.73. The molecular formula is C8H10FNO2. The van der Waals surface area contributed by atoms with Gasteiger partial charge in [0, 0.05) is 5.69 Å². The summed E-state index contributed by atoms with van der Waals surface area (Å²) in [6.45, 7) is 1.32. The summed E-state index contributed by atoms with van der Waals surface area (Å²) in [4.78, 5) is 10.6. The number of alkyl halides is 1. The van der Waals surface area contributed by atoms with E-state index in [9.17, 15) is 9.18 Å². The first kappa shape index (κ1) is 8.77. The Morgan fingerprint density at radius 3 is 2.83 bits per heavy atom. The van der Waals surface area contributed by atoms with Gasteiger partial charge in [-0.25, -0.2) is 9.18 Å². The predicted octanol–water partition coefficient (Wildman–Crippen LogP) is 1.46. The average Bonchev–Trinajstić information content (AvgIpc) is 2.34. The molecule has 1 aromatic rings. The number of nitrogens with zero attached hydrogens (tertiary/aromatic N) is 1. The second-order valence-corrected chi connectivity index (χ2v) is 2.51. The van der Waals surface area contributed by atoms with Gasteiger partial charge in [0.1, 0.15) is 12.4 Å². The molecule has 0 spiro atoms. The first-order valence-electron chi connectivity index (χ1n) is 3.62. The molecule has 1 aromatic heterocycles. The maximum atomic E-state index is 12.0. The summed E-state index contributed by atoms with van der Waals surface area (Å²) in [5.41, 5.74) is 0.912. The van der Waals surface area contributed by atoms with Crippen molar-refractivity contribution >= 4 is 5.97 Å². The van der Waals surface area contributed by atoms with E-state index in [1.165, 1.54) is 10.6 Å². The summed E-state index contributed by atoms with van der Waals surface area (Å²) in [6.07, 6.45) is 0. The third-order valence-electron chi connectivity index (χ3n) is 1.73. The van der Waals surface area contributed by atoms with Crippen molar-refractivity contribution in [3.05, 3.63) is 23.5 Å². The number of carboxylic acid groups (broad SMARTS) is 1. The Labute approximate surface area is 69.4 Å². The van der Waals surface area contributed by atoms with Crippen LogP contribution < -0.4 is 0 Å². The molecule has 0 fully saturated rings. The number of halogens is 1. The quantitative estimate of drug-likeness (QED) is 0.748. The van der Waals surface area contributed by atoms with Crippen molar-refractivity contribution in [2.75, 3.05) is 6.67 Å². The zero-order valence-corrected chi connectivity index (χ0v) is 6.75. The molecule has 3 nitrogen and oxygen atoms in total. The zero-order chi connectivity index (χ0) is 9.14. The van der Waals surface area contributed by atoms with Crippen molar-refractivity contribution in [2.45, 2.75) is 13.5 Å². The van der Waals surface area contributed by atoms with Gasteiger partial charge in [-0.15, -0.1) is 0 Å². The molecule has 0 unspecified atom stereocenters. The van der Waals surface area contributed by atoms with Crippen molar-refractivity contribution in [2.24, 2.45) is 0 Å². The molecule has 12 heavy (non-hydrogen) atoms. The molecule has 4 heteroatoms. The van der Waals surface area contributed by atoms with Crippen LogP contribution in [0.3, 0.4) is 0 Å². The lowest BCUT2D eigenvalue weighted by Gasteiger charge is -2.04. The summed E-state index contributed by atoms with van der Waals surface area (Å²) in [7, 11) is 0. The van der Waals surface area contributed by atoms with Gasteiger partial charge in [0.15, 0.2) is 0 Å². The molecule has 1 N–H and O–H groups in total. The Bertz CT molecular complexity index is 293. The predicted molar refractivity (Wildman–Crippen MR) is 42.1 cm³/mol. The average molecular weight is 171 g/mol. The minimum Gasteiger partial charge on any atom is -0.477 e. The van der Waals surface area contributed by atoms with E-state index in [1.807, 2.05) is 0 Å². The highest BCUT2D eigenvalue weighted by Gasteiger charge is 2.10. The summed E-state index contributed by atoms with van der Waals surface area (Å²) in [5, 5.41) is 8.66. The topological polar surface area (TPSA) is 42.2 Å². The van der Waals surface area contributed by atoms with E-state index in [0.717, 1.165) is 5.69 Å². The van der Waals surface area contributed by atoms with Gasteiger partial charge < -0.3 is 9.67 Å². The highest BCUT2D eigenvalue weighted by atomic mass is 19.1. The summed E-state index contributed by atoms with van der Waals surface area (Å²) in [6, 6.07) is 3.15. The number of carboxylic acids is 1. The number of aromatic carboxylic acids is 1. The largest absolute Gasteiger partial charge is 0.477 e. The van der Waals surface area contributed by atoms with E-state index >= 15 is 0 Å². The lowest BCUT2D eigenvalue weighted by atomic mass is 10.4. The van der Waals surface area contributed by atoms with Gasteiger partial charge in [-0.3, -0.25) is 0 Å². The molecule has 0 aliphatic heterocycles. The fourth-order valence-electron chi connectivity index (χ4n) is 1.14. The minimum atomic E-state index is -1.02. The molecule has 0 aliphatic carbocycles. The van der Waals surface area contributed by atoms with Crippen molar-refractivity contribution in [3.8, 4) is 0 Å². The normalized spacial score (nSPS) is 10.2. The smallest absolute Gasteiger partial charge is 0.352 e. The third kappa shape index (κ3) is 1.47. The Kier molecular flexibility index (Phi) is 2.47. The fourth-order valence-corrected chi connectivity index (χ4v) is 1.14. The van der Waals surface area contributed by atoms with E-state index in [2.05, 4.69) is 0 Å². The fraction of sp³-hybridized carbons (Fsp3) is 0.375. The number of carbonyl (C=O) groups is 1. The Morgan fingerprint density at radius 1 is 1.67 bits per heavy atom. The van der Waals surface area contributed by atoms with Crippen LogP contribution in [0.1, 0.15) is 16.2 Å². The van der Waals surface area contributed by atoms with Crippen LogP contribution in [-0.4, -0.2) is 22.3 Å². The Hall–Kier alpha value is -1.32. The van der Waals surface area contributed by atoms with Gasteiger partial charge in [0.2, 0.25) is 0 Å². The molecule has 0 saturated carbocycles. The van der Waals surface area contributed by atoms with E-state index in [4.69, 9.17) is 5.11 Å². The summed E-state index contributed by atoms with van der Waals surface area (Å²) in [5.74, 6) is -1.02. The van der Waals surface area contributed by atoms with Crippen molar-refractivity contribution in [1.82, 2.24) is 4.57 Å². The number of hydrogen-bond donors (Lipinski definition) is 1. The van der Waals surface area contributed by atoms with Crippen LogP contribution in [0.5, 0.6) is 0 Å². The Morgan fingerprint density at radius 2 is 2.33 bits per heavy atom. The zero-order valence-electron chi connectivity index (χ0n) is 6.75. The van der Waals surface area contributed by atoms with Crippen LogP contribution in [0, 0.1) is 6.92 Å². The summed E-state index contributed by atoms with van der Waals surface area (Å²) < 4.78 is 13.4. The van der Waals surface area contributed by atoms with Gasteiger partial charge in [-0.2, -0.15) is 0 Å². The van der Waals surface area contributed by atoms with E-state index in [-0.39, 0.29) is 12.2 Å². The maximum absolute atomic E-state index is 12.0. The highest BCUT2D eigenvalue weighted by molar-refractivity contribution is 5.86. The minimum absolute atomic E-state index is 0.112. The van der Waals surface area contributed by atoms with Crippen LogP contribution >= 0.6 is 0 Å². The van der Waals surface area contributed by atoms with E-state index in [0.29, 0.717) is 0 Å². The van der Waals surface area contributed by atoms with Crippen LogP contribution in [-0.2, 0) is 6.54 Å². The molecule has 1 rings (SSSR count). The SMILES string of the molecule is Cc1ccc(C(=O)O)n1CCF. The second kappa shape index (κ2) is 3.38. The van der Waals surface area contributed by atoms with Gasteiger partial charge in [-0.1, -0.05) is 0 Å². The molecular weight excluding hydrogens is 161 g/mol. The molecule has 66 valence electrons. The van der Waals surface area contributed by atoms with E-state index < -0.39 is 12.6 Å². The highest BCUT2D eigenvalue weighted by Crippen LogP contribution is 2.07. The van der Waals surface area contributed by atoms with Gasteiger partial charge >= 0.3 is 5.97 Å². The summed E-state index contributed by atoms with van der Waals surface area (Å²) >= 11 is 0. The molecule has 0 atom stereocenters. The molecule has 0 radical (unpaired) electrons. The van der Waals surface area contributed by atoms with Gasteiger partial charge in [-0.05, 0) is 19.1 Å². The number of aromatic nitrogens is 1. The lowest BCUT2D eigenvalue weighted by molar-refractivity contribution is 0.0684. The molecule has 0 aliphatic rings. The standard InChI is InChI=1S/C8H10FNO2/c1-6-2-3-7(8(11)12)10(6)5-4-9/h2-3H,4-5H2,1H3,(H,11,12). The van der Waals surface area contributed by atoms with Gasteiger partial charge in [0.25, 0.3) is 0 Å². The van der Waals surface area contributed by atoms with Crippen molar-refractivity contribution in [1.29, 1.82) is 0 Å². The van der Waals surface area contributed by atoms with E-state index in [1.54, 1.807) is 13.0 Å². The first-order chi connectivity index (χ1) is 5.66. The molecule has 1 heterocycles. The maximum Gasteiger partial charge on any atom is 0.352 e. The molecule has 0 aromatic carbocycles. The van der Waals surface area contributed by atoms with Crippen molar-refractivity contribution in [3.63, 3.8) is 0 Å². The number of aryl methyl sites for hydroxylation is 1. The molecule has 0 bridgehead atoms. The molecule has 0 saturated heterocycles.